The first-order chi connectivity index (χ1) is 7.50. The van der Waals surface area contributed by atoms with E-state index >= 15 is 0 Å². The standard InChI is InChI=1S/C10H17N5O/c1-7(11)5-6-15(2)9-4-3-8(10(12)16)13-14-9/h3-4,7H,5-6,11H2,1-2H3,(H2,12,16). The van der Waals surface area contributed by atoms with Crippen molar-refractivity contribution >= 4 is 11.7 Å². The monoisotopic (exact) mass is 223 g/mol. The molecule has 0 spiro atoms. The number of rotatable bonds is 5. The summed E-state index contributed by atoms with van der Waals surface area (Å²) in [5, 5.41) is 7.64. The van der Waals surface area contributed by atoms with E-state index in [4.69, 9.17) is 11.5 Å². The molecule has 1 heterocycles. The number of primary amides is 1. The summed E-state index contributed by atoms with van der Waals surface area (Å²) in [6, 6.07) is 3.43. The molecule has 6 heteroatoms. The van der Waals surface area contributed by atoms with E-state index in [0.29, 0.717) is 5.82 Å². The van der Waals surface area contributed by atoms with Gasteiger partial charge < -0.3 is 16.4 Å². The van der Waals surface area contributed by atoms with Crippen LogP contribution in [-0.4, -0.2) is 35.7 Å². The van der Waals surface area contributed by atoms with Crippen LogP contribution >= 0.6 is 0 Å². The van der Waals surface area contributed by atoms with E-state index in [0.717, 1.165) is 13.0 Å². The molecule has 6 nitrogen and oxygen atoms in total. The van der Waals surface area contributed by atoms with E-state index in [1.54, 1.807) is 12.1 Å². The van der Waals surface area contributed by atoms with Gasteiger partial charge in [-0.1, -0.05) is 0 Å². The predicted octanol–water partition coefficient (Wildman–Crippen LogP) is -0.251. The molecule has 1 aromatic rings. The second kappa shape index (κ2) is 5.41. The van der Waals surface area contributed by atoms with E-state index in [1.165, 1.54) is 0 Å². The fourth-order valence-corrected chi connectivity index (χ4v) is 1.17. The van der Waals surface area contributed by atoms with Crippen molar-refractivity contribution in [2.75, 3.05) is 18.5 Å². The third kappa shape index (κ3) is 3.47. The first-order valence-electron chi connectivity index (χ1n) is 5.11. The Hall–Kier alpha value is -1.69. The predicted molar refractivity (Wildman–Crippen MR) is 62.1 cm³/mol. The van der Waals surface area contributed by atoms with E-state index in [2.05, 4.69) is 10.2 Å². The molecular weight excluding hydrogens is 206 g/mol. The minimum absolute atomic E-state index is 0.153. The largest absolute Gasteiger partial charge is 0.364 e. The van der Waals surface area contributed by atoms with Crippen LogP contribution in [0.5, 0.6) is 0 Å². The Balaban J connectivity index is 2.63. The summed E-state index contributed by atoms with van der Waals surface area (Å²) in [6.45, 7) is 2.75. The Morgan fingerprint density at radius 3 is 2.62 bits per heavy atom. The minimum Gasteiger partial charge on any atom is -0.364 e. The number of carbonyl (C=O) groups excluding carboxylic acids is 1. The maximum atomic E-state index is 10.8. The molecule has 4 N–H and O–H groups in total. The van der Waals surface area contributed by atoms with Gasteiger partial charge in [0.05, 0.1) is 0 Å². The summed E-state index contributed by atoms with van der Waals surface area (Å²) in [5.74, 6) is 0.128. The molecule has 16 heavy (non-hydrogen) atoms. The highest BCUT2D eigenvalue weighted by molar-refractivity contribution is 5.90. The normalized spacial score (nSPS) is 12.2. The Bertz CT molecular complexity index is 349. The van der Waals surface area contributed by atoms with Crippen LogP contribution in [0.4, 0.5) is 5.82 Å². The number of amides is 1. The molecule has 0 radical (unpaired) electrons. The Morgan fingerprint density at radius 1 is 1.50 bits per heavy atom. The first-order valence-corrected chi connectivity index (χ1v) is 5.11. The van der Waals surface area contributed by atoms with Crippen LogP contribution in [0.2, 0.25) is 0 Å². The van der Waals surface area contributed by atoms with Crippen molar-refractivity contribution in [3.63, 3.8) is 0 Å². The van der Waals surface area contributed by atoms with E-state index < -0.39 is 5.91 Å². The highest BCUT2D eigenvalue weighted by Crippen LogP contribution is 2.07. The number of aromatic nitrogens is 2. The molecule has 0 aliphatic carbocycles. The topological polar surface area (TPSA) is 98.1 Å². The van der Waals surface area contributed by atoms with Gasteiger partial charge in [0.2, 0.25) is 0 Å². The number of carbonyl (C=O) groups is 1. The van der Waals surface area contributed by atoms with E-state index in [9.17, 15) is 4.79 Å². The van der Waals surface area contributed by atoms with Crippen molar-refractivity contribution in [1.82, 2.24) is 10.2 Å². The summed E-state index contributed by atoms with van der Waals surface area (Å²) in [7, 11) is 1.90. The highest BCUT2D eigenvalue weighted by atomic mass is 16.1. The zero-order valence-electron chi connectivity index (χ0n) is 9.55. The minimum atomic E-state index is -0.572. The van der Waals surface area contributed by atoms with Gasteiger partial charge in [-0.2, -0.15) is 0 Å². The molecule has 88 valence electrons. The molecular formula is C10H17N5O. The van der Waals surface area contributed by atoms with Crippen molar-refractivity contribution in [2.45, 2.75) is 19.4 Å². The van der Waals surface area contributed by atoms with Crippen LogP contribution in [0.3, 0.4) is 0 Å². The molecule has 0 bridgehead atoms. The number of anilines is 1. The average molecular weight is 223 g/mol. The molecule has 0 fully saturated rings. The summed E-state index contributed by atoms with van der Waals surface area (Å²) >= 11 is 0. The van der Waals surface area contributed by atoms with Gasteiger partial charge in [-0.05, 0) is 25.5 Å². The lowest BCUT2D eigenvalue weighted by molar-refractivity contribution is 0.0994. The second-order valence-electron chi connectivity index (χ2n) is 3.83. The van der Waals surface area contributed by atoms with Crippen LogP contribution in [0, 0.1) is 0 Å². The van der Waals surface area contributed by atoms with Gasteiger partial charge in [-0.15, -0.1) is 10.2 Å². The smallest absolute Gasteiger partial charge is 0.269 e. The number of hydrogen-bond acceptors (Lipinski definition) is 5. The number of nitrogens with two attached hydrogens (primary N) is 2. The van der Waals surface area contributed by atoms with Crippen molar-refractivity contribution in [2.24, 2.45) is 11.5 Å². The van der Waals surface area contributed by atoms with Gasteiger partial charge in [0.25, 0.3) is 5.91 Å². The maximum absolute atomic E-state index is 10.8. The van der Waals surface area contributed by atoms with Crippen molar-refractivity contribution in [3.05, 3.63) is 17.8 Å². The molecule has 0 aliphatic rings. The number of nitrogens with zero attached hydrogens (tertiary/aromatic N) is 3. The SMILES string of the molecule is CC(N)CCN(C)c1ccc(C(N)=O)nn1. The zero-order valence-corrected chi connectivity index (χ0v) is 9.55. The molecule has 0 aliphatic heterocycles. The van der Waals surface area contributed by atoms with Gasteiger partial charge >= 0.3 is 0 Å². The molecule has 1 aromatic heterocycles. The quantitative estimate of drug-likeness (QED) is 0.717. The van der Waals surface area contributed by atoms with Gasteiger partial charge in [-0.25, -0.2) is 0 Å². The lowest BCUT2D eigenvalue weighted by Crippen LogP contribution is -2.26. The lowest BCUT2D eigenvalue weighted by Gasteiger charge is -2.18. The van der Waals surface area contributed by atoms with Gasteiger partial charge in [-0.3, -0.25) is 4.79 Å². The fraction of sp³-hybridized carbons (Fsp3) is 0.500. The third-order valence-electron chi connectivity index (χ3n) is 2.21. The van der Waals surface area contributed by atoms with Gasteiger partial charge in [0.15, 0.2) is 11.5 Å². The average Bonchev–Trinajstić information content (AvgIpc) is 2.26. The molecule has 0 aromatic carbocycles. The molecule has 1 amide bonds. The maximum Gasteiger partial charge on any atom is 0.269 e. The Kier molecular flexibility index (Phi) is 4.19. The Morgan fingerprint density at radius 2 is 2.19 bits per heavy atom. The van der Waals surface area contributed by atoms with Crippen LogP contribution in [0.15, 0.2) is 12.1 Å². The summed E-state index contributed by atoms with van der Waals surface area (Å²) in [4.78, 5) is 12.7. The van der Waals surface area contributed by atoms with E-state index in [1.807, 2.05) is 18.9 Å². The Labute approximate surface area is 94.6 Å². The second-order valence-corrected chi connectivity index (χ2v) is 3.83. The molecule has 0 saturated heterocycles. The van der Waals surface area contributed by atoms with Crippen LogP contribution in [-0.2, 0) is 0 Å². The van der Waals surface area contributed by atoms with Crippen LogP contribution < -0.4 is 16.4 Å². The van der Waals surface area contributed by atoms with E-state index in [-0.39, 0.29) is 11.7 Å². The van der Waals surface area contributed by atoms with Crippen LogP contribution in [0.1, 0.15) is 23.8 Å². The molecule has 1 atom stereocenters. The van der Waals surface area contributed by atoms with Gasteiger partial charge in [0, 0.05) is 19.6 Å². The first kappa shape index (κ1) is 12.4. The summed E-state index contributed by atoms with van der Waals surface area (Å²) in [6.07, 6.45) is 0.871. The van der Waals surface area contributed by atoms with Crippen molar-refractivity contribution < 1.29 is 4.79 Å². The van der Waals surface area contributed by atoms with Crippen molar-refractivity contribution in [1.29, 1.82) is 0 Å². The lowest BCUT2D eigenvalue weighted by atomic mass is 10.2. The summed E-state index contributed by atoms with van der Waals surface area (Å²) in [5.41, 5.74) is 10.9. The summed E-state index contributed by atoms with van der Waals surface area (Å²) < 4.78 is 0. The molecule has 1 rings (SSSR count). The van der Waals surface area contributed by atoms with Gasteiger partial charge in [0.1, 0.15) is 0 Å². The number of hydrogen-bond donors (Lipinski definition) is 2. The molecule has 0 saturated carbocycles. The molecule has 1 unspecified atom stereocenters. The third-order valence-corrected chi connectivity index (χ3v) is 2.21. The van der Waals surface area contributed by atoms with Crippen molar-refractivity contribution in [3.8, 4) is 0 Å². The highest BCUT2D eigenvalue weighted by Gasteiger charge is 2.06. The zero-order chi connectivity index (χ0) is 12.1. The fourth-order valence-electron chi connectivity index (χ4n) is 1.17. The van der Waals surface area contributed by atoms with Crippen LogP contribution in [0.25, 0.3) is 0 Å².